The maximum Gasteiger partial charge on any atom is 0.167 e. The molecule has 3 aromatic heterocycles. The highest BCUT2D eigenvalue weighted by atomic mass is 16.8. The molecule has 1 aromatic carbocycles. The van der Waals surface area contributed by atoms with Gasteiger partial charge in [0.05, 0.1) is 17.4 Å². The fourth-order valence-corrected chi connectivity index (χ4v) is 7.49. The Labute approximate surface area is 265 Å². The second-order valence-electron chi connectivity index (χ2n) is 15.1. The molecule has 3 aliphatic rings. The van der Waals surface area contributed by atoms with Crippen LogP contribution in [0.25, 0.3) is 22.2 Å². The van der Waals surface area contributed by atoms with Gasteiger partial charge in [-0.25, -0.2) is 19.9 Å². The summed E-state index contributed by atoms with van der Waals surface area (Å²) in [6.07, 6.45) is 7.93. The molecule has 1 saturated carbocycles. The van der Waals surface area contributed by atoms with Crippen molar-refractivity contribution in [1.82, 2.24) is 34.4 Å². The van der Waals surface area contributed by atoms with Gasteiger partial charge in [-0.15, -0.1) is 0 Å². The SMILES string of the molecule is CC(C)N(C[C@H]1O[C@@H](n2cnc3c(N)ncnc32)[C@@H]2OC(C)(C)O[C@@H]21)C1CC(CCCc2nc3ccc(C(C)(C)C)cc3[nH]2)C1. The Morgan fingerprint density at radius 3 is 2.64 bits per heavy atom. The Kier molecular flexibility index (Phi) is 7.66. The van der Waals surface area contributed by atoms with E-state index in [2.05, 4.69) is 77.7 Å². The lowest BCUT2D eigenvalue weighted by Gasteiger charge is -2.46. The molecule has 0 bridgehead atoms. The van der Waals surface area contributed by atoms with Gasteiger partial charge in [0, 0.05) is 25.0 Å². The van der Waals surface area contributed by atoms with Crippen molar-refractivity contribution in [2.75, 3.05) is 12.3 Å². The highest BCUT2D eigenvalue weighted by Crippen LogP contribution is 2.45. The van der Waals surface area contributed by atoms with E-state index in [1.165, 1.54) is 31.2 Å². The molecule has 0 radical (unpaired) electrons. The van der Waals surface area contributed by atoms with Crippen molar-refractivity contribution >= 4 is 28.0 Å². The minimum absolute atomic E-state index is 0.130. The van der Waals surface area contributed by atoms with Gasteiger partial charge in [0.25, 0.3) is 0 Å². The zero-order valence-electron chi connectivity index (χ0n) is 27.7. The van der Waals surface area contributed by atoms with Crippen LogP contribution < -0.4 is 5.73 Å². The molecule has 5 heterocycles. The van der Waals surface area contributed by atoms with Gasteiger partial charge in [0.2, 0.25) is 0 Å². The van der Waals surface area contributed by atoms with E-state index in [0.29, 0.717) is 29.1 Å². The van der Waals surface area contributed by atoms with Crippen LogP contribution in [-0.4, -0.2) is 77.1 Å². The first-order valence-electron chi connectivity index (χ1n) is 16.6. The summed E-state index contributed by atoms with van der Waals surface area (Å²) in [5.74, 6) is 1.50. The predicted molar refractivity (Wildman–Crippen MR) is 174 cm³/mol. The van der Waals surface area contributed by atoms with Gasteiger partial charge in [-0.1, -0.05) is 26.8 Å². The summed E-state index contributed by atoms with van der Waals surface area (Å²) in [5.41, 5.74) is 10.9. The van der Waals surface area contributed by atoms with E-state index < -0.39 is 12.0 Å². The fourth-order valence-electron chi connectivity index (χ4n) is 7.49. The third-order valence-electron chi connectivity index (χ3n) is 9.94. The molecule has 242 valence electrons. The maximum absolute atomic E-state index is 6.72. The third-order valence-corrected chi connectivity index (χ3v) is 9.94. The van der Waals surface area contributed by atoms with E-state index in [9.17, 15) is 0 Å². The third kappa shape index (κ3) is 5.84. The van der Waals surface area contributed by atoms with Crippen molar-refractivity contribution in [3.8, 4) is 0 Å². The van der Waals surface area contributed by atoms with Gasteiger partial charge < -0.3 is 24.9 Å². The summed E-state index contributed by atoms with van der Waals surface area (Å²) in [6, 6.07) is 7.54. The van der Waals surface area contributed by atoms with Crippen molar-refractivity contribution in [3.05, 3.63) is 42.2 Å². The van der Waals surface area contributed by atoms with E-state index in [1.54, 1.807) is 6.33 Å². The fraction of sp³-hybridized carbons (Fsp3) is 0.647. The number of nitrogens with zero attached hydrogens (tertiary/aromatic N) is 6. The number of nitrogen functional groups attached to an aromatic ring is 1. The molecule has 0 spiro atoms. The molecule has 11 heteroatoms. The Bertz CT molecular complexity index is 1670. The molecule has 0 unspecified atom stereocenters. The highest BCUT2D eigenvalue weighted by Gasteiger charge is 2.57. The second kappa shape index (κ2) is 11.3. The zero-order chi connectivity index (χ0) is 31.7. The number of rotatable bonds is 9. The van der Waals surface area contributed by atoms with Crippen LogP contribution in [0.3, 0.4) is 0 Å². The maximum atomic E-state index is 6.72. The molecule has 2 aliphatic heterocycles. The number of nitrogens with two attached hydrogens (primary N) is 1. The molecule has 11 nitrogen and oxygen atoms in total. The second-order valence-corrected chi connectivity index (χ2v) is 15.1. The molecule has 4 atom stereocenters. The van der Waals surface area contributed by atoms with Crippen molar-refractivity contribution in [2.24, 2.45) is 5.92 Å². The van der Waals surface area contributed by atoms with Gasteiger partial charge in [0.1, 0.15) is 36.0 Å². The molecule has 7 rings (SSSR count). The molecular formula is C34H48N8O3. The van der Waals surface area contributed by atoms with Crippen LogP contribution in [-0.2, 0) is 26.0 Å². The molecule has 2 saturated heterocycles. The molecule has 45 heavy (non-hydrogen) atoms. The lowest BCUT2D eigenvalue weighted by Crippen LogP contribution is -2.52. The average Bonchev–Trinajstić information content (AvgIpc) is 3.69. The number of hydrogen-bond donors (Lipinski definition) is 2. The molecule has 0 amide bonds. The molecule has 3 N–H and O–H groups in total. The number of ether oxygens (including phenoxy) is 3. The van der Waals surface area contributed by atoms with Crippen molar-refractivity contribution in [3.63, 3.8) is 0 Å². The summed E-state index contributed by atoms with van der Waals surface area (Å²) >= 11 is 0. The molecule has 4 aromatic rings. The van der Waals surface area contributed by atoms with Crippen LogP contribution in [0.2, 0.25) is 0 Å². The first kappa shape index (κ1) is 30.5. The molecule has 1 aliphatic carbocycles. The molecule has 3 fully saturated rings. The average molecular weight is 617 g/mol. The van der Waals surface area contributed by atoms with Crippen LogP contribution in [0, 0.1) is 5.92 Å². The smallest absolute Gasteiger partial charge is 0.167 e. The summed E-state index contributed by atoms with van der Waals surface area (Å²) < 4.78 is 21.5. The Hall–Kier alpha value is -3.12. The normalized spacial score (nSPS) is 28.0. The minimum atomic E-state index is -0.695. The van der Waals surface area contributed by atoms with E-state index in [0.717, 1.165) is 42.2 Å². The summed E-state index contributed by atoms with van der Waals surface area (Å²) in [4.78, 5) is 24.1. The first-order valence-corrected chi connectivity index (χ1v) is 16.6. The van der Waals surface area contributed by atoms with Gasteiger partial charge in [-0.2, -0.15) is 0 Å². The number of H-pyrrole nitrogens is 1. The number of nitrogens with one attached hydrogen (secondary N) is 1. The highest BCUT2D eigenvalue weighted by molar-refractivity contribution is 5.81. The summed E-state index contributed by atoms with van der Waals surface area (Å²) in [5, 5.41) is 0. The summed E-state index contributed by atoms with van der Waals surface area (Å²) in [6.45, 7) is 16.0. The van der Waals surface area contributed by atoms with Crippen molar-refractivity contribution in [1.29, 1.82) is 0 Å². The van der Waals surface area contributed by atoms with Crippen molar-refractivity contribution < 1.29 is 14.2 Å². The van der Waals surface area contributed by atoms with E-state index >= 15 is 0 Å². The number of imidazole rings is 2. The number of hydrogen-bond acceptors (Lipinski definition) is 9. The number of aromatic amines is 1. The largest absolute Gasteiger partial charge is 0.382 e. The number of anilines is 1. The standard InChI is InChI=1S/C34H48N8O3/c1-19(2)41(22-13-20(14-22)9-8-10-26-39-23-12-11-21(33(3,4)5)15-24(23)40-26)16-25-28-29(45-34(6,7)44-28)32(43-25)42-18-38-27-30(35)36-17-37-31(27)42/h11-12,15,17-20,22,25,28-29,32H,8-10,13-14,16H2,1-7H3,(H,39,40)(H2,35,36,37)/t20?,22?,25-,28-,29-,32-/m1/s1. The number of aromatic nitrogens is 6. The van der Waals surface area contributed by atoms with Crippen LogP contribution in [0.4, 0.5) is 5.82 Å². The Balaban J connectivity index is 0.970. The van der Waals surface area contributed by atoms with Crippen molar-refractivity contribution in [2.45, 2.75) is 128 Å². The Morgan fingerprint density at radius 1 is 1.11 bits per heavy atom. The van der Waals surface area contributed by atoms with Crippen LogP contribution >= 0.6 is 0 Å². The quantitative estimate of drug-likeness (QED) is 0.250. The lowest BCUT2D eigenvalue weighted by molar-refractivity contribution is -0.199. The van der Waals surface area contributed by atoms with Gasteiger partial charge in [-0.05, 0) is 82.4 Å². The number of benzene rings is 1. The van der Waals surface area contributed by atoms with Crippen LogP contribution in [0.5, 0.6) is 0 Å². The number of aryl methyl sites for hydroxylation is 1. The lowest BCUT2D eigenvalue weighted by atomic mass is 9.76. The van der Waals surface area contributed by atoms with E-state index in [1.807, 2.05) is 18.4 Å². The predicted octanol–water partition coefficient (Wildman–Crippen LogP) is 5.51. The van der Waals surface area contributed by atoms with Gasteiger partial charge in [0.15, 0.2) is 23.5 Å². The van der Waals surface area contributed by atoms with Crippen LogP contribution in [0.1, 0.15) is 91.8 Å². The molecular weight excluding hydrogens is 568 g/mol. The first-order chi connectivity index (χ1) is 21.4. The summed E-state index contributed by atoms with van der Waals surface area (Å²) in [7, 11) is 0. The Morgan fingerprint density at radius 2 is 1.89 bits per heavy atom. The van der Waals surface area contributed by atoms with E-state index in [4.69, 9.17) is 24.9 Å². The minimum Gasteiger partial charge on any atom is -0.382 e. The van der Waals surface area contributed by atoms with Gasteiger partial charge >= 0.3 is 0 Å². The zero-order valence-corrected chi connectivity index (χ0v) is 27.7. The van der Waals surface area contributed by atoms with E-state index in [-0.39, 0.29) is 23.7 Å². The topological polar surface area (TPSA) is 129 Å². The van der Waals surface area contributed by atoms with Gasteiger partial charge in [-0.3, -0.25) is 9.47 Å². The van der Waals surface area contributed by atoms with Crippen LogP contribution in [0.15, 0.2) is 30.9 Å². The monoisotopic (exact) mass is 616 g/mol. The number of fused-ring (bicyclic) bond motifs is 3.